The number of nitrogens with one attached hydrogen (secondary N) is 2. The Kier molecular flexibility index (Phi) is 6.95. The molecular weight excluding hydrogens is 440 g/mol. The summed E-state index contributed by atoms with van der Waals surface area (Å²) in [5, 5.41) is 26.8. The van der Waals surface area contributed by atoms with Crippen LogP contribution in [-0.2, 0) is 9.59 Å². The molecule has 0 radical (unpaired) electrons. The topological polar surface area (TPSA) is 125 Å². The Bertz CT molecular complexity index is 1130. The summed E-state index contributed by atoms with van der Waals surface area (Å²) in [5.74, 6) is -1.18. The smallest absolute Gasteiger partial charge is 0.269 e. The molecule has 0 spiro atoms. The summed E-state index contributed by atoms with van der Waals surface area (Å²) in [6.45, 7) is 1.85. The molecule has 1 heterocycles. The summed E-state index contributed by atoms with van der Waals surface area (Å²) in [6.07, 6.45) is 0.0405. The van der Waals surface area contributed by atoms with E-state index in [1.54, 1.807) is 18.2 Å². The van der Waals surface area contributed by atoms with Gasteiger partial charge >= 0.3 is 0 Å². The van der Waals surface area contributed by atoms with E-state index in [0.717, 1.165) is 17.3 Å². The summed E-state index contributed by atoms with van der Waals surface area (Å²) in [6, 6.07) is 13.0. The van der Waals surface area contributed by atoms with Gasteiger partial charge in [-0.15, -0.1) is 0 Å². The SMILES string of the molecule is Cc1ccc(NC(=O)CSC2=C(C#N)[C@H](c3ccc([N+](=O)[O-])cc3)CC(=O)N2)cc1Cl. The van der Waals surface area contributed by atoms with E-state index in [4.69, 9.17) is 11.6 Å². The molecule has 3 rings (SSSR count). The van der Waals surface area contributed by atoms with Crippen LogP contribution in [0.4, 0.5) is 11.4 Å². The lowest BCUT2D eigenvalue weighted by atomic mass is 9.87. The standard InChI is InChI=1S/C21H17ClN4O4S/c1-12-2-5-14(8-18(12)22)24-20(28)11-31-21-17(10-23)16(9-19(27)25-21)13-3-6-15(7-4-13)26(29)30/h2-8,16H,9,11H2,1H3,(H,24,28)(H,25,27)/t16-/m0/s1. The van der Waals surface area contributed by atoms with E-state index in [1.807, 2.05) is 6.92 Å². The zero-order valence-corrected chi connectivity index (χ0v) is 17.9. The van der Waals surface area contributed by atoms with Crippen molar-refractivity contribution in [3.8, 4) is 6.07 Å². The van der Waals surface area contributed by atoms with Crippen molar-refractivity contribution < 1.29 is 14.5 Å². The van der Waals surface area contributed by atoms with Gasteiger partial charge in [-0.2, -0.15) is 5.26 Å². The summed E-state index contributed by atoms with van der Waals surface area (Å²) < 4.78 is 0. The quantitative estimate of drug-likeness (QED) is 0.494. The van der Waals surface area contributed by atoms with Gasteiger partial charge in [0.1, 0.15) is 0 Å². The van der Waals surface area contributed by atoms with Crippen LogP contribution in [0, 0.1) is 28.4 Å². The molecule has 0 aliphatic carbocycles. The zero-order chi connectivity index (χ0) is 22.5. The highest BCUT2D eigenvalue weighted by Crippen LogP contribution is 2.36. The fourth-order valence-corrected chi connectivity index (χ4v) is 4.11. The van der Waals surface area contributed by atoms with Gasteiger partial charge in [-0.1, -0.05) is 41.6 Å². The Hall–Kier alpha value is -3.35. The molecule has 0 fully saturated rings. The fourth-order valence-electron chi connectivity index (χ4n) is 3.05. The highest BCUT2D eigenvalue weighted by Gasteiger charge is 2.30. The fraction of sp³-hybridized carbons (Fsp3) is 0.190. The monoisotopic (exact) mass is 456 g/mol. The summed E-state index contributed by atoms with van der Waals surface area (Å²) in [4.78, 5) is 34.9. The third-order valence-electron chi connectivity index (χ3n) is 4.67. The Morgan fingerprint density at radius 2 is 2.06 bits per heavy atom. The number of halogens is 1. The summed E-state index contributed by atoms with van der Waals surface area (Å²) in [7, 11) is 0. The third kappa shape index (κ3) is 5.42. The molecule has 8 nitrogen and oxygen atoms in total. The number of hydrogen-bond acceptors (Lipinski definition) is 6. The summed E-state index contributed by atoms with van der Waals surface area (Å²) >= 11 is 7.11. The number of aryl methyl sites for hydroxylation is 1. The number of anilines is 1. The van der Waals surface area contributed by atoms with Crippen molar-refractivity contribution in [2.75, 3.05) is 11.1 Å². The predicted octanol–water partition coefficient (Wildman–Crippen LogP) is 4.27. The Balaban J connectivity index is 1.75. The average molecular weight is 457 g/mol. The average Bonchev–Trinajstić information content (AvgIpc) is 2.74. The number of nitro benzene ring substituents is 1. The van der Waals surface area contributed by atoms with E-state index < -0.39 is 10.8 Å². The summed E-state index contributed by atoms with van der Waals surface area (Å²) in [5.41, 5.74) is 2.29. The number of allylic oxidation sites excluding steroid dienone is 1. The van der Waals surface area contributed by atoms with Gasteiger partial charge in [-0.05, 0) is 30.2 Å². The molecule has 10 heteroatoms. The molecule has 2 aromatic carbocycles. The molecule has 0 saturated heterocycles. The number of rotatable bonds is 6. The number of nitrogens with zero attached hydrogens (tertiary/aromatic N) is 2. The minimum Gasteiger partial charge on any atom is -0.325 e. The van der Waals surface area contributed by atoms with Crippen LogP contribution in [-0.4, -0.2) is 22.5 Å². The van der Waals surface area contributed by atoms with Gasteiger partial charge in [0.25, 0.3) is 5.69 Å². The molecule has 0 unspecified atom stereocenters. The number of carbonyl (C=O) groups excluding carboxylic acids is 2. The van der Waals surface area contributed by atoms with Gasteiger partial charge in [-0.25, -0.2) is 0 Å². The van der Waals surface area contributed by atoms with Gasteiger partial charge in [0.15, 0.2) is 0 Å². The number of thioether (sulfide) groups is 1. The largest absolute Gasteiger partial charge is 0.325 e. The molecule has 158 valence electrons. The highest BCUT2D eigenvalue weighted by molar-refractivity contribution is 8.03. The van der Waals surface area contributed by atoms with Crippen molar-refractivity contribution in [1.82, 2.24) is 5.32 Å². The molecule has 0 bridgehead atoms. The molecule has 2 amide bonds. The van der Waals surface area contributed by atoms with E-state index in [0.29, 0.717) is 26.9 Å². The second kappa shape index (κ2) is 9.64. The Morgan fingerprint density at radius 3 is 2.68 bits per heavy atom. The number of carbonyl (C=O) groups is 2. The number of nitriles is 1. The van der Waals surface area contributed by atoms with Crippen LogP contribution in [0.1, 0.15) is 23.5 Å². The second-order valence-corrected chi connectivity index (χ2v) is 8.20. The molecule has 0 saturated carbocycles. The van der Waals surface area contributed by atoms with Crippen LogP contribution in [0.25, 0.3) is 0 Å². The molecule has 0 aromatic heterocycles. The maximum absolute atomic E-state index is 12.3. The van der Waals surface area contributed by atoms with Crippen molar-refractivity contribution in [1.29, 1.82) is 5.26 Å². The minimum atomic E-state index is -0.541. The first-order valence-electron chi connectivity index (χ1n) is 9.15. The van der Waals surface area contributed by atoms with Crippen LogP contribution in [0.3, 0.4) is 0 Å². The van der Waals surface area contributed by atoms with Crippen LogP contribution in [0.15, 0.2) is 53.1 Å². The van der Waals surface area contributed by atoms with Crippen LogP contribution >= 0.6 is 23.4 Å². The highest BCUT2D eigenvalue weighted by atomic mass is 35.5. The van der Waals surface area contributed by atoms with Crippen molar-refractivity contribution in [3.05, 3.63) is 79.3 Å². The number of non-ortho nitro benzene ring substituents is 1. The Morgan fingerprint density at radius 1 is 1.35 bits per heavy atom. The molecule has 1 aliphatic rings. The number of hydrogen-bond donors (Lipinski definition) is 2. The van der Waals surface area contributed by atoms with Crippen LogP contribution < -0.4 is 10.6 Å². The second-order valence-electron chi connectivity index (χ2n) is 6.81. The minimum absolute atomic E-state index is 0.0285. The zero-order valence-electron chi connectivity index (χ0n) is 16.3. The van der Waals surface area contributed by atoms with Gasteiger partial charge in [0.2, 0.25) is 11.8 Å². The van der Waals surface area contributed by atoms with Crippen molar-refractivity contribution in [2.45, 2.75) is 19.3 Å². The normalized spacial score (nSPS) is 15.8. The molecule has 1 aliphatic heterocycles. The van der Waals surface area contributed by atoms with Crippen molar-refractivity contribution in [3.63, 3.8) is 0 Å². The van der Waals surface area contributed by atoms with E-state index >= 15 is 0 Å². The van der Waals surface area contributed by atoms with Gasteiger partial charge < -0.3 is 10.6 Å². The van der Waals surface area contributed by atoms with E-state index in [9.17, 15) is 25.0 Å². The molecule has 2 aromatic rings. The lowest BCUT2D eigenvalue weighted by Gasteiger charge is -2.25. The first-order valence-corrected chi connectivity index (χ1v) is 10.5. The van der Waals surface area contributed by atoms with E-state index in [2.05, 4.69) is 16.7 Å². The van der Waals surface area contributed by atoms with Gasteiger partial charge in [-0.3, -0.25) is 19.7 Å². The van der Waals surface area contributed by atoms with E-state index in [-0.39, 0.29) is 29.7 Å². The van der Waals surface area contributed by atoms with Crippen molar-refractivity contribution in [2.24, 2.45) is 0 Å². The molecule has 31 heavy (non-hydrogen) atoms. The number of benzene rings is 2. The van der Waals surface area contributed by atoms with Crippen LogP contribution in [0.5, 0.6) is 0 Å². The van der Waals surface area contributed by atoms with Crippen LogP contribution in [0.2, 0.25) is 5.02 Å². The predicted molar refractivity (Wildman–Crippen MR) is 119 cm³/mol. The number of nitro groups is 1. The Labute approximate surface area is 187 Å². The van der Waals surface area contributed by atoms with Gasteiger partial charge in [0.05, 0.1) is 27.3 Å². The maximum atomic E-state index is 12.3. The third-order valence-corrected chi connectivity index (χ3v) is 6.09. The van der Waals surface area contributed by atoms with Crippen molar-refractivity contribution >= 4 is 46.6 Å². The first-order chi connectivity index (χ1) is 14.8. The lowest BCUT2D eigenvalue weighted by molar-refractivity contribution is -0.384. The molecule has 2 N–H and O–H groups in total. The maximum Gasteiger partial charge on any atom is 0.269 e. The lowest BCUT2D eigenvalue weighted by Crippen LogP contribution is -2.31. The first kappa shape index (κ1) is 22.3. The number of amides is 2. The molecular formula is C21H17ClN4O4S. The molecule has 1 atom stereocenters. The van der Waals surface area contributed by atoms with E-state index in [1.165, 1.54) is 24.3 Å². The van der Waals surface area contributed by atoms with Gasteiger partial charge in [0, 0.05) is 35.2 Å².